The number of halogens is 1. The summed E-state index contributed by atoms with van der Waals surface area (Å²) in [6, 6.07) is 1.46. The minimum atomic E-state index is -0.505. The van der Waals surface area contributed by atoms with Gasteiger partial charge in [0, 0.05) is 25.9 Å². The van der Waals surface area contributed by atoms with Crippen LogP contribution < -0.4 is 0 Å². The topological polar surface area (TPSA) is 88.4 Å². The van der Waals surface area contributed by atoms with Crippen LogP contribution in [0.2, 0.25) is 5.02 Å². The molecule has 1 N–H and O–H groups in total. The third-order valence-corrected chi connectivity index (χ3v) is 6.66. The van der Waals surface area contributed by atoms with Crippen LogP contribution in [0.15, 0.2) is 35.5 Å². The van der Waals surface area contributed by atoms with Gasteiger partial charge in [-0.1, -0.05) is 41.9 Å². The van der Waals surface area contributed by atoms with E-state index in [0.717, 1.165) is 38.8 Å². The number of cyclic esters (lactones) is 1. The van der Waals surface area contributed by atoms with E-state index in [1.165, 1.54) is 6.07 Å². The summed E-state index contributed by atoms with van der Waals surface area (Å²) in [5.74, 6) is -0.440. The van der Waals surface area contributed by atoms with Gasteiger partial charge in [-0.05, 0) is 68.7 Å². The number of hydrogen-bond donors (Lipinski definition) is 1. The first-order valence-electron chi connectivity index (χ1n) is 12.3. The number of oxime groups is 1. The van der Waals surface area contributed by atoms with Crippen molar-refractivity contribution in [3.63, 3.8) is 0 Å². The first-order chi connectivity index (χ1) is 16.8. The van der Waals surface area contributed by atoms with E-state index >= 15 is 0 Å². The number of likely N-dealkylation sites (tertiary alicyclic amines) is 1. The number of amides is 1. The number of carbonyl (C=O) groups excluding carboxylic acids is 2. The number of benzene rings is 1. The van der Waals surface area contributed by atoms with Crippen molar-refractivity contribution in [3.8, 4) is 5.75 Å². The van der Waals surface area contributed by atoms with E-state index in [2.05, 4.69) is 18.2 Å². The van der Waals surface area contributed by atoms with Crippen molar-refractivity contribution in [1.82, 2.24) is 4.90 Å². The van der Waals surface area contributed by atoms with E-state index in [0.29, 0.717) is 28.8 Å². The van der Waals surface area contributed by atoms with Crippen LogP contribution in [0, 0.1) is 12.8 Å². The second kappa shape index (κ2) is 12.8. The van der Waals surface area contributed by atoms with Crippen LogP contribution in [0.1, 0.15) is 67.4 Å². The van der Waals surface area contributed by atoms with Crippen molar-refractivity contribution in [1.29, 1.82) is 0 Å². The standard InChI is InChI=1S/C27H35ClN2O5/c1-18-9-7-11-20(3)35-27(33)25-19(2)15-23(31)26(28)22(25)16-21(12-8-10-18)29-34-17-24(32)30-13-5-4-6-14-30/h7-9,12,15,18,20,31H,4-6,10-11,13-14,16-17H2,1-3H3/b9-7+,12-8+,29-21+/t18?,20-/m1/s1. The monoisotopic (exact) mass is 502 g/mol. The van der Waals surface area contributed by atoms with Crippen LogP contribution in [-0.4, -0.2) is 53.4 Å². The Morgan fingerprint density at radius 2 is 1.97 bits per heavy atom. The second-order valence-corrected chi connectivity index (χ2v) is 9.73. The van der Waals surface area contributed by atoms with E-state index in [9.17, 15) is 14.7 Å². The number of hydrogen-bond acceptors (Lipinski definition) is 6. The van der Waals surface area contributed by atoms with Gasteiger partial charge in [-0.15, -0.1) is 0 Å². The molecule has 1 fully saturated rings. The summed E-state index contributed by atoms with van der Waals surface area (Å²) in [6.07, 6.45) is 12.2. The molecule has 1 saturated heterocycles. The van der Waals surface area contributed by atoms with E-state index in [-0.39, 0.29) is 41.7 Å². The average Bonchev–Trinajstić information content (AvgIpc) is 2.82. The molecule has 0 aliphatic carbocycles. The Hall–Kier alpha value is -2.80. The number of aryl methyl sites for hydroxylation is 1. The number of carbonyl (C=O) groups is 2. The number of piperidine rings is 1. The molecule has 8 heteroatoms. The Bertz CT molecular complexity index is 1010. The highest BCUT2D eigenvalue weighted by atomic mass is 35.5. The normalized spacial score (nSPS) is 24.7. The van der Waals surface area contributed by atoms with Crippen molar-refractivity contribution in [2.45, 2.75) is 65.4 Å². The molecule has 1 aromatic carbocycles. The minimum absolute atomic E-state index is 0.0704. The molecule has 0 radical (unpaired) electrons. The predicted molar refractivity (Wildman–Crippen MR) is 137 cm³/mol. The van der Waals surface area contributed by atoms with E-state index in [1.807, 2.05) is 25.2 Å². The number of fused-ring (bicyclic) bond motifs is 1. The molecule has 1 aromatic rings. The van der Waals surface area contributed by atoms with Crippen molar-refractivity contribution < 1.29 is 24.3 Å². The highest BCUT2D eigenvalue weighted by molar-refractivity contribution is 6.33. The Balaban J connectivity index is 1.91. The minimum Gasteiger partial charge on any atom is -0.506 e. The van der Waals surface area contributed by atoms with Crippen LogP contribution in [-0.2, 0) is 20.8 Å². The molecule has 2 atom stereocenters. The highest BCUT2D eigenvalue weighted by Crippen LogP contribution is 2.34. The van der Waals surface area contributed by atoms with Crippen LogP contribution in [0.5, 0.6) is 5.75 Å². The van der Waals surface area contributed by atoms with Gasteiger partial charge in [0.1, 0.15) is 11.9 Å². The first kappa shape index (κ1) is 26.8. The van der Waals surface area contributed by atoms with Gasteiger partial charge in [0.25, 0.3) is 5.91 Å². The van der Waals surface area contributed by atoms with Gasteiger partial charge in [0.2, 0.25) is 0 Å². The number of rotatable bonds is 3. The number of esters is 1. The molecule has 0 spiro atoms. The molecule has 0 bridgehead atoms. The maximum Gasteiger partial charge on any atom is 0.339 e. The average molecular weight is 503 g/mol. The van der Waals surface area contributed by atoms with E-state index < -0.39 is 5.97 Å². The summed E-state index contributed by atoms with van der Waals surface area (Å²) in [4.78, 5) is 32.8. The van der Waals surface area contributed by atoms with Crippen LogP contribution >= 0.6 is 11.6 Å². The SMILES string of the molecule is Cc1cc(O)c(Cl)c2c1C(=O)O[C@H](C)C/C=C/C(C)C/C=C/C(=N\OCC(=O)N1CCCCC1)C2. The van der Waals surface area contributed by atoms with Gasteiger partial charge in [0.15, 0.2) is 6.61 Å². The molecule has 2 aliphatic heterocycles. The lowest BCUT2D eigenvalue weighted by Gasteiger charge is -2.26. The number of ether oxygens (including phenoxy) is 1. The predicted octanol–water partition coefficient (Wildman–Crippen LogP) is 5.37. The molecular weight excluding hydrogens is 468 g/mol. The highest BCUT2D eigenvalue weighted by Gasteiger charge is 2.24. The molecular formula is C27H35ClN2O5. The maximum atomic E-state index is 13.1. The molecule has 1 unspecified atom stereocenters. The smallest absolute Gasteiger partial charge is 0.339 e. The Morgan fingerprint density at radius 3 is 2.71 bits per heavy atom. The summed E-state index contributed by atoms with van der Waals surface area (Å²) in [5.41, 5.74) is 1.76. The van der Waals surface area contributed by atoms with Crippen molar-refractivity contribution in [2.75, 3.05) is 19.7 Å². The molecule has 7 nitrogen and oxygen atoms in total. The fourth-order valence-corrected chi connectivity index (χ4v) is 4.51. The molecule has 2 heterocycles. The molecule has 3 rings (SSSR count). The van der Waals surface area contributed by atoms with Crippen LogP contribution in [0.3, 0.4) is 0 Å². The van der Waals surface area contributed by atoms with Gasteiger partial charge in [0.05, 0.1) is 16.3 Å². The number of phenols is 1. The Morgan fingerprint density at radius 1 is 1.23 bits per heavy atom. The fourth-order valence-electron chi connectivity index (χ4n) is 4.29. The summed E-state index contributed by atoms with van der Waals surface area (Å²) < 4.78 is 5.68. The fraction of sp³-hybridized carbons (Fsp3) is 0.519. The molecule has 0 saturated carbocycles. The third kappa shape index (κ3) is 7.59. The van der Waals surface area contributed by atoms with Crippen LogP contribution in [0.25, 0.3) is 0 Å². The molecule has 190 valence electrons. The number of allylic oxidation sites excluding steroid dienone is 3. The van der Waals surface area contributed by atoms with Gasteiger partial charge in [-0.3, -0.25) is 4.79 Å². The number of phenolic OH excluding ortho intramolecular Hbond substituents is 1. The number of aromatic hydroxyl groups is 1. The first-order valence-corrected chi connectivity index (χ1v) is 12.7. The summed E-state index contributed by atoms with van der Waals surface area (Å²) >= 11 is 6.46. The second-order valence-electron chi connectivity index (χ2n) is 9.35. The van der Waals surface area contributed by atoms with E-state index in [1.54, 1.807) is 11.8 Å². The molecule has 2 aliphatic rings. The Kier molecular flexibility index (Phi) is 9.78. The quantitative estimate of drug-likeness (QED) is 0.341. The van der Waals surface area contributed by atoms with Crippen LogP contribution in [0.4, 0.5) is 0 Å². The number of nitrogens with zero attached hydrogens (tertiary/aromatic N) is 2. The summed E-state index contributed by atoms with van der Waals surface area (Å²) in [7, 11) is 0. The van der Waals surface area contributed by atoms with Crippen molar-refractivity contribution >= 4 is 29.2 Å². The largest absolute Gasteiger partial charge is 0.506 e. The molecule has 1 amide bonds. The van der Waals surface area contributed by atoms with Gasteiger partial charge in [-0.2, -0.15) is 0 Å². The zero-order valence-corrected chi connectivity index (χ0v) is 21.5. The lowest BCUT2D eigenvalue weighted by Crippen LogP contribution is -2.37. The lowest BCUT2D eigenvalue weighted by atomic mass is 9.96. The molecule has 35 heavy (non-hydrogen) atoms. The van der Waals surface area contributed by atoms with Gasteiger partial charge < -0.3 is 19.6 Å². The maximum absolute atomic E-state index is 13.1. The van der Waals surface area contributed by atoms with E-state index in [4.69, 9.17) is 21.2 Å². The summed E-state index contributed by atoms with van der Waals surface area (Å²) in [6.45, 7) is 7.00. The van der Waals surface area contributed by atoms with Crippen molar-refractivity contribution in [3.05, 3.63) is 52.1 Å². The molecule has 0 aromatic heterocycles. The Labute approximate surface area is 212 Å². The lowest BCUT2D eigenvalue weighted by molar-refractivity contribution is -0.137. The van der Waals surface area contributed by atoms with Gasteiger partial charge >= 0.3 is 5.97 Å². The van der Waals surface area contributed by atoms with Crippen molar-refractivity contribution in [2.24, 2.45) is 11.1 Å². The zero-order chi connectivity index (χ0) is 25.4. The third-order valence-electron chi connectivity index (χ3n) is 6.24. The summed E-state index contributed by atoms with van der Waals surface area (Å²) in [5, 5.41) is 14.6. The van der Waals surface area contributed by atoms with Gasteiger partial charge in [-0.25, -0.2) is 4.79 Å². The zero-order valence-electron chi connectivity index (χ0n) is 20.8.